The molecule has 1 N–H and O–H groups in total. The van der Waals surface area contributed by atoms with Crippen molar-refractivity contribution >= 4 is 27.1 Å². The molecule has 3 aromatic rings. The Hall–Kier alpha value is -3.55. The summed E-state index contributed by atoms with van der Waals surface area (Å²) < 4.78 is 51.9. The van der Waals surface area contributed by atoms with Crippen molar-refractivity contribution in [2.45, 2.75) is 12.8 Å². The number of nitrogens with one attached hydrogen (secondary N) is 1. The van der Waals surface area contributed by atoms with Crippen molar-refractivity contribution in [3.05, 3.63) is 72.1 Å². The third kappa shape index (κ3) is 4.76. The van der Waals surface area contributed by atoms with Crippen LogP contribution in [0.1, 0.15) is 18.4 Å². The summed E-state index contributed by atoms with van der Waals surface area (Å²) in [5.74, 6) is -1.83. The Kier molecular flexibility index (Phi) is 6.14. The van der Waals surface area contributed by atoms with Crippen LogP contribution in [0.5, 0.6) is 0 Å². The van der Waals surface area contributed by atoms with Gasteiger partial charge in [0.1, 0.15) is 6.07 Å². The van der Waals surface area contributed by atoms with Gasteiger partial charge in [0.2, 0.25) is 10.0 Å². The zero-order valence-electron chi connectivity index (χ0n) is 19.7. The highest BCUT2D eigenvalue weighted by Crippen LogP contribution is 2.43. The first-order valence-electron chi connectivity index (χ1n) is 11.6. The molecule has 2 aliphatic heterocycles. The number of hydrogen-bond acceptors (Lipinski definition) is 6. The second-order valence-electron chi connectivity index (χ2n) is 9.58. The Morgan fingerprint density at radius 1 is 0.972 bits per heavy atom. The van der Waals surface area contributed by atoms with Crippen LogP contribution >= 0.6 is 0 Å². The Bertz CT molecular complexity index is 1460. The van der Waals surface area contributed by atoms with E-state index in [2.05, 4.69) is 21.3 Å². The maximum Gasteiger partial charge on any atom is 0.211 e. The van der Waals surface area contributed by atoms with Gasteiger partial charge in [0.05, 0.1) is 29.4 Å². The highest BCUT2D eigenvalue weighted by molar-refractivity contribution is 7.88. The summed E-state index contributed by atoms with van der Waals surface area (Å²) >= 11 is 0. The van der Waals surface area contributed by atoms with E-state index in [1.54, 1.807) is 24.5 Å². The largest absolute Gasteiger partial charge is 0.370 e. The number of nitriles is 1. The van der Waals surface area contributed by atoms with E-state index in [0.29, 0.717) is 41.2 Å². The molecule has 1 spiro atoms. The monoisotopic (exact) mass is 509 g/mol. The third-order valence-electron chi connectivity index (χ3n) is 7.05. The minimum Gasteiger partial charge on any atom is -0.370 e. The lowest BCUT2D eigenvalue weighted by atomic mass is 9.73. The van der Waals surface area contributed by atoms with Crippen molar-refractivity contribution in [2.75, 3.05) is 42.7 Å². The van der Waals surface area contributed by atoms with Gasteiger partial charge in [-0.1, -0.05) is 6.07 Å². The van der Waals surface area contributed by atoms with Crippen molar-refractivity contribution in [1.29, 1.82) is 5.26 Å². The topological polar surface area (TPSA) is 89.3 Å². The van der Waals surface area contributed by atoms with Gasteiger partial charge in [-0.15, -0.1) is 0 Å². The molecule has 10 heteroatoms. The number of sulfonamides is 1. The lowest BCUT2D eigenvalue weighted by Crippen LogP contribution is -2.61. The molecule has 5 rings (SSSR count). The highest BCUT2D eigenvalue weighted by atomic mass is 32.2. The SMILES string of the molecule is CS(=O)(=O)N1CC2(CCN(c3ccc(Nc4cncc(-c5ccc(F)c(F)c5)c4)cc3C#N)CC2)C1. The van der Waals surface area contributed by atoms with Crippen molar-refractivity contribution in [1.82, 2.24) is 9.29 Å². The van der Waals surface area contributed by atoms with Gasteiger partial charge < -0.3 is 10.2 Å². The maximum absolute atomic E-state index is 13.6. The van der Waals surface area contributed by atoms with Gasteiger partial charge in [-0.25, -0.2) is 21.5 Å². The van der Waals surface area contributed by atoms with Crippen LogP contribution in [0.3, 0.4) is 0 Å². The third-order valence-corrected chi connectivity index (χ3v) is 8.25. The zero-order chi connectivity index (χ0) is 25.5. The summed E-state index contributed by atoms with van der Waals surface area (Å²) in [6.07, 6.45) is 6.20. The predicted molar refractivity (Wildman–Crippen MR) is 134 cm³/mol. The number of benzene rings is 2. The lowest BCUT2D eigenvalue weighted by Gasteiger charge is -2.53. The lowest BCUT2D eigenvalue weighted by molar-refractivity contribution is 0.0443. The molecule has 3 heterocycles. The van der Waals surface area contributed by atoms with Crippen LogP contribution in [0, 0.1) is 28.4 Å². The van der Waals surface area contributed by atoms with Crippen LogP contribution in [0.15, 0.2) is 54.9 Å². The van der Waals surface area contributed by atoms with E-state index in [1.165, 1.54) is 16.6 Å². The Labute approximate surface area is 209 Å². The number of halogens is 2. The minimum absolute atomic E-state index is 0.0410. The number of nitrogens with zero attached hydrogens (tertiary/aromatic N) is 4. The second kappa shape index (κ2) is 9.15. The van der Waals surface area contributed by atoms with E-state index < -0.39 is 21.7 Å². The summed E-state index contributed by atoms with van der Waals surface area (Å²) in [5, 5.41) is 13.0. The molecule has 2 aromatic carbocycles. The van der Waals surface area contributed by atoms with E-state index in [1.807, 2.05) is 12.1 Å². The molecule has 0 radical (unpaired) electrons. The molecule has 0 bridgehead atoms. The Morgan fingerprint density at radius 2 is 1.72 bits per heavy atom. The second-order valence-corrected chi connectivity index (χ2v) is 11.6. The summed E-state index contributed by atoms with van der Waals surface area (Å²) in [7, 11) is -3.14. The molecule has 2 aliphatic rings. The van der Waals surface area contributed by atoms with Gasteiger partial charge >= 0.3 is 0 Å². The molecular weight excluding hydrogens is 484 g/mol. The van der Waals surface area contributed by atoms with Gasteiger partial charge in [-0.05, 0) is 54.8 Å². The molecule has 0 atom stereocenters. The Balaban J connectivity index is 1.28. The first-order valence-corrected chi connectivity index (χ1v) is 13.4. The molecule has 0 unspecified atom stereocenters. The van der Waals surface area contributed by atoms with Gasteiger partial charge in [-0.3, -0.25) is 4.98 Å². The first kappa shape index (κ1) is 24.2. The smallest absolute Gasteiger partial charge is 0.211 e. The fourth-order valence-corrected chi connectivity index (χ4v) is 5.98. The van der Waals surface area contributed by atoms with Gasteiger partial charge in [-0.2, -0.15) is 5.26 Å². The molecule has 0 aliphatic carbocycles. The quantitative estimate of drug-likeness (QED) is 0.545. The average Bonchev–Trinajstić information content (AvgIpc) is 2.84. The number of hydrogen-bond donors (Lipinski definition) is 1. The minimum atomic E-state index is -3.14. The standard InChI is InChI=1S/C26H25F2N5O2S/c1-36(34,35)33-16-26(17-33)6-8-32(9-7-26)25-5-3-21(10-19(25)13-29)31-22-11-20(14-30-15-22)18-2-4-23(27)24(28)12-18/h2-5,10-12,14-15,31H,6-9,16-17H2,1H3. The molecule has 2 fully saturated rings. The summed E-state index contributed by atoms with van der Waals surface area (Å²) in [4.78, 5) is 6.38. The maximum atomic E-state index is 13.6. The van der Waals surface area contributed by atoms with Gasteiger partial charge in [0.15, 0.2) is 11.6 Å². The highest BCUT2D eigenvalue weighted by Gasteiger charge is 2.48. The van der Waals surface area contributed by atoms with Crippen LogP contribution in [0.2, 0.25) is 0 Å². The van der Waals surface area contributed by atoms with Crippen LogP contribution in [0.4, 0.5) is 25.8 Å². The molecule has 7 nitrogen and oxygen atoms in total. The number of pyridine rings is 1. The van der Waals surface area contributed by atoms with Crippen LogP contribution < -0.4 is 10.2 Å². The molecular formula is C26H25F2N5O2S. The number of rotatable bonds is 5. The number of anilines is 3. The number of piperidine rings is 1. The molecule has 0 amide bonds. The fraction of sp³-hybridized carbons (Fsp3) is 0.308. The van der Waals surface area contributed by atoms with E-state index in [9.17, 15) is 22.5 Å². The number of aromatic nitrogens is 1. The Morgan fingerprint density at radius 3 is 2.39 bits per heavy atom. The van der Waals surface area contributed by atoms with Crippen molar-refractivity contribution in [3.63, 3.8) is 0 Å². The van der Waals surface area contributed by atoms with Crippen LogP contribution in [0.25, 0.3) is 11.1 Å². The zero-order valence-corrected chi connectivity index (χ0v) is 20.5. The summed E-state index contributed by atoms with van der Waals surface area (Å²) in [6.45, 7) is 2.68. The van der Waals surface area contributed by atoms with Crippen LogP contribution in [-0.2, 0) is 10.0 Å². The molecule has 0 saturated carbocycles. The van der Waals surface area contributed by atoms with E-state index >= 15 is 0 Å². The van der Waals surface area contributed by atoms with E-state index in [0.717, 1.165) is 43.8 Å². The molecule has 1 aromatic heterocycles. The predicted octanol–water partition coefficient (Wildman–Crippen LogP) is 4.50. The van der Waals surface area contributed by atoms with Crippen molar-refractivity contribution in [3.8, 4) is 17.2 Å². The molecule has 2 saturated heterocycles. The van der Waals surface area contributed by atoms with E-state index in [-0.39, 0.29) is 5.41 Å². The first-order chi connectivity index (χ1) is 17.2. The molecule has 36 heavy (non-hydrogen) atoms. The van der Waals surface area contributed by atoms with E-state index in [4.69, 9.17) is 0 Å². The normalized spacial score (nSPS) is 17.4. The van der Waals surface area contributed by atoms with Crippen molar-refractivity contribution < 1.29 is 17.2 Å². The van der Waals surface area contributed by atoms with Crippen molar-refractivity contribution in [2.24, 2.45) is 5.41 Å². The summed E-state index contributed by atoms with van der Waals surface area (Å²) in [6, 6.07) is 13.3. The fourth-order valence-electron chi connectivity index (χ4n) is 4.96. The van der Waals surface area contributed by atoms with Gasteiger partial charge in [0.25, 0.3) is 0 Å². The van der Waals surface area contributed by atoms with Crippen LogP contribution in [-0.4, -0.2) is 50.1 Å². The molecule has 186 valence electrons. The average molecular weight is 510 g/mol. The summed E-state index contributed by atoms with van der Waals surface area (Å²) in [5.41, 5.74) is 3.91. The van der Waals surface area contributed by atoms with Gasteiger partial charge in [0, 0.05) is 49.0 Å².